The van der Waals surface area contributed by atoms with Crippen molar-refractivity contribution in [3.8, 4) is 0 Å². The minimum atomic E-state index is -2.85. The van der Waals surface area contributed by atoms with E-state index in [-0.39, 0.29) is 35.8 Å². The van der Waals surface area contributed by atoms with E-state index in [9.17, 15) is 8.42 Å². The van der Waals surface area contributed by atoms with E-state index in [0.717, 1.165) is 25.5 Å². The molecule has 0 bridgehead atoms. The van der Waals surface area contributed by atoms with Crippen molar-refractivity contribution in [2.75, 3.05) is 44.2 Å². The van der Waals surface area contributed by atoms with Gasteiger partial charge in [0.15, 0.2) is 15.8 Å². The zero-order chi connectivity index (χ0) is 15.8. The van der Waals surface area contributed by atoms with Crippen molar-refractivity contribution < 1.29 is 8.42 Å². The number of aliphatic imine (C=N–C) groups is 1. The van der Waals surface area contributed by atoms with Gasteiger partial charge in [-0.15, -0.1) is 24.0 Å². The highest BCUT2D eigenvalue weighted by atomic mass is 127. The zero-order valence-electron chi connectivity index (χ0n) is 14.1. The molecule has 1 unspecified atom stereocenters. The molecule has 136 valence electrons. The van der Waals surface area contributed by atoms with Gasteiger partial charge in [0.25, 0.3) is 0 Å². The first-order valence-corrected chi connectivity index (χ1v) is 10.4. The van der Waals surface area contributed by atoms with Gasteiger partial charge in [0.05, 0.1) is 11.5 Å². The Morgan fingerprint density at radius 1 is 1.26 bits per heavy atom. The number of sulfone groups is 1. The molecule has 0 aliphatic carbocycles. The molecule has 0 amide bonds. The molecule has 6 nitrogen and oxygen atoms in total. The topological polar surface area (TPSA) is 73.8 Å². The van der Waals surface area contributed by atoms with Crippen LogP contribution in [0.3, 0.4) is 0 Å². The third kappa shape index (κ3) is 8.02. The number of hydrogen-bond donors (Lipinski definition) is 2. The maximum absolute atomic E-state index is 11.5. The summed E-state index contributed by atoms with van der Waals surface area (Å²) >= 11 is 0. The lowest BCUT2D eigenvalue weighted by atomic mass is 10.3. The lowest BCUT2D eigenvalue weighted by Gasteiger charge is -2.16. The van der Waals surface area contributed by atoms with Gasteiger partial charge in [-0.05, 0) is 58.7 Å². The van der Waals surface area contributed by atoms with E-state index in [0.29, 0.717) is 12.2 Å². The first kappa shape index (κ1) is 21.0. The van der Waals surface area contributed by atoms with Crippen molar-refractivity contribution in [3.05, 3.63) is 0 Å². The van der Waals surface area contributed by atoms with Crippen molar-refractivity contribution in [1.82, 2.24) is 15.5 Å². The summed E-state index contributed by atoms with van der Waals surface area (Å²) in [4.78, 5) is 7.09. The maximum atomic E-state index is 11.5. The van der Waals surface area contributed by atoms with Gasteiger partial charge in [0.2, 0.25) is 0 Å². The molecule has 2 saturated heterocycles. The lowest BCUT2D eigenvalue weighted by Crippen LogP contribution is -2.44. The Bertz CT molecular complexity index is 464. The van der Waals surface area contributed by atoms with Crippen LogP contribution in [0, 0.1) is 0 Å². The first-order valence-electron chi connectivity index (χ1n) is 8.57. The largest absolute Gasteiger partial charge is 0.357 e. The van der Waals surface area contributed by atoms with Crippen molar-refractivity contribution in [1.29, 1.82) is 0 Å². The molecule has 23 heavy (non-hydrogen) atoms. The number of unbranched alkanes of at least 4 members (excludes halogenated alkanes) is 1. The molecule has 0 aromatic heterocycles. The Balaban J connectivity index is 0.00000264. The molecule has 2 aliphatic rings. The van der Waals surface area contributed by atoms with E-state index in [2.05, 4.69) is 20.5 Å². The Morgan fingerprint density at radius 3 is 2.61 bits per heavy atom. The van der Waals surface area contributed by atoms with Crippen molar-refractivity contribution in [2.24, 2.45) is 4.99 Å². The third-order valence-corrected chi connectivity index (χ3v) is 6.04. The van der Waals surface area contributed by atoms with Gasteiger partial charge < -0.3 is 15.5 Å². The summed E-state index contributed by atoms with van der Waals surface area (Å²) in [5.74, 6) is 1.28. The smallest absolute Gasteiger partial charge is 0.191 e. The second kappa shape index (κ2) is 10.7. The number of nitrogens with one attached hydrogen (secondary N) is 2. The Hall–Kier alpha value is -0.0900. The van der Waals surface area contributed by atoms with E-state index in [1.807, 2.05) is 6.92 Å². The predicted molar refractivity (Wildman–Crippen MR) is 106 cm³/mol. The number of hydrogen-bond acceptors (Lipinski definition) is 4. The van der Waals surface area contributed by atoms with Crippen LogP contribution in [0.4, 0.5) is 0 Å². The average Bonchev–Trinajstić information content (AvgIpc) is 3.08. The van der Waals surface area contributed by atoms with Crippen LogP contribution in [0.25, 0.3) is 0 Å². The lowest BCUT2D eigenvalue weighted by molar-refractivity contribution is 0.331. The van der Waals surface area contributed by atoms with Gasteiger partial charge in [-0.1, -0.05) is 0 Å². The fourth-order valence-electron chi connectivity index (χ4n) is 3.07. The SMILES string of the molecule is CCNC(=NCCCCN1CCCC1)NC1CCS(=O)(=O)C1.I. The number of nitrogens with zero attached hydrogens (tertiary/aromatic N) is 2. The van der Waals surface area contributed by atoms with Crippen LogP contribution >= 0.6 is 24.0 Å². The molecular formula is C15H31IN4O2S. The highest BCUT2D eigenvalue weighted by molar-refractivity contribution is 14.0. The molecular weight excluding hydrogens is 427 g/mol. The molecule has 2 heterocycles. The van der Waals surface area contributed by atoms with Gasteiger partial charge >= 0.3 is 0 Å². The van der Waals surface area contributed by atoms with E-state index in [1.165, 1.54) is 38.9 Å². The number of rotatable bonds is 7. The predicted octanol–water partition coefficient (Wildman–Crippen LogP) is 1.22. The summed E-state index contributed by atoms with van der Waals surface area (Å²) in [6.45, 7) is 7.30. The van der Waals surface area contributed by atoms with Gasteiger partial charge in [-0.3, -0.25) is 4.99 Å². The second-order valence-corrected chi connectivity index (χ2v) is 8.49. The molecule has 2 N–H and O–H groups in total. The van der Waals surface area contributed by atoms with E-state index >= 15 is 0 Å². The van der Waals surface area contributed by atoms with Gasteiger partial charge in [-0.2, -0.15) is 0 Å². The quantitative estimate of drug-likeness (QED) is 0.260. The summed E-state index contributed by atoms with van der Waals surface area (Å²) in [5, 5.41) is 6.46. The van der Waals surface area contributed by atoms with Crippen LogP contribution < -0.4 is 10.6 Å². The first-order chi connectivity index (χ1) is 10.6. The molecule has 0 spiro atoms. The average molecular weight is 458 g/mol. The van der Waals surface area contributed by atoms with Crippen LogP contribution in [0.1, 0.15) is 39.0 Å². The summed E-state index contributed by atoms with van der Waals surface area (Å²) in [5.41, 5.74) is 0. The van der Waals surface area contributed by atoms with Crippen molar-refractivity contribution >= 4 is 39.8 Å². The van der Waals surface area contributed by atoms with Gasteiger partial charge in [0, 0.05) is 19.1 Å². The minimum Gasteiger partial charge on any atom is -0.357 e. The summed E-state index contributed by atoms with van der Waals surface area (Å²) in [7, 11) is -2.85. The summed E-state index contributed by atoms with van der Waals surface area (Å²) in [6.07, 6.45) is 5.63. The van der Waals surface area contributed by atoms with Crippen molar-refractivity contribution in [2.45, 2.75) is 45.1 Å². The van der Waals surface area contributed by atoms with Crippen LogP contribution in [0.15, 0.2) is 4.99 Å². The molecule has 8 heteroatoms. The number of likely N-dealkylation sites (tertiary alicyclic amines) is 1. The number of halogens is 1. The normalized spacial score (nSPS) is 24.4. The van der Waals surface area contributed by atoms with Crippen LogP contribution in [-0.2, 0) is 9.84 Å². The molecule has 0 aromatic rings. The van der Waals surface area contributed by atoms with E-state index < -0.39 is 9.84 Å². The van der Waals surface area contributed by atoms with Crippen LogP contribution in [-0.4, -0.2) is 69.5 Å². The Morgan fingerprint density at radius 2 is 2.00 bits per heavy atom. The fraction of sp³-hybridized carbons (Fsp3) is 0.933. The number of guanidine groups is 1. The Kier molecular flexibility index (Phi) is 9.76. The molecule has 2 aliphatic heterocycles. The van der Waals surface area contributed by atoms with Crippen LogP contribution in [0.5, 0.6) is 0 Å². The molecule has 0 radical (unpaired) electrons. The standard InChI is InChI=1S/C15H30N4O2S.HI/c1-2-16-15(18-14-7-12-22(20,21)13-14)17-8-3-4-9-19-10-5-6-11-19;/h14H,2-13H2,1H3,(H2,16,17,18);1H. The van der Waals surface area contributed by atoms with E-state index in [4.69, 9.17) is 0 Å². The third-order valence-electron chi connectivity index (χ3n) is 4.27. The van der Waals surface area contributed by atoms with E-state index in [1.54, 1.807) is 0 Å². The highest BCUT2D eigenvalue weighted by Crippen LogP contribution is 2.11. The minimum absolute atomic E-state index is 0. The molecule has 2 rings (SSSR count). The monoisotopic (exact) mass is 458 g/mol. The molecule has 0 saturated carbocycles. The summed E-state index contributed by atoms with van der Waals surface area (Å²) in [6, 6.07) is 0.00685. The maximum Gasteiger partial charge on any atom is 0.191 e. The molecule has 1 atom stereocenters. The van der Waals surface area contributed by atoms with Crippen molar-refractivity contribution in [3.63, 3.8) is 0 Å². The molecule has 2 fully saturated rings. The highest BCUT2D eigenvalue weighted by Gasteiger charge is 2.28. The van der Waals surface area contributed by atoms with Crippen LogP contribution in [0.2, 0.25) is 0 Å². The summed E-state index contributed by atoms with van der Waals surface area (Å²) < 4.78 is 23.0. The van der Waals surface area contributed by atoms with Gasteiger partial charge in [0.1, 0.15) is 0 Å². The zero-order valence-corrected chi connectivity index (χ0v) is 17.2. The second-order valence-electron chi connectivity index (χ2n) is 6.26. The molecule has 0 aromatic carbocycles. The Labute approximate surface area is 157 Å². The fourth-order valence-corrected chi connectivity index (χ4v) is 4.74. The van der Waals surface area contributed by atoms with Gasteiger partial charge in [-0.25, -0.2) is 8.42 Å².